The molecule has 0 aromatic heterocycles. The van der Waals surface area contributed by atoms with Gasteiger partial charge in [-0.1, -0.05) is 60.1 Å². The summed E-state index contributed by atoms with van der Waals surface area (Å²) in [6, 6.07) is 24.6. The molecule has 0 aliphatic heterocycles. The quantitative estimate of drug-likeness (QED) is 0.538. The summed E-state index contributed by atoms with van der Waals surface area (Å²) in [5.41, 5.74) is 2.54. The Balaban J connectivity index is 2.12. The van der Waals surface area contributed by atoms with E-state index in [0.29, 0.717) is 10.7 Å². The molecule has 0 spiro atoms. The normalized spacial score (nSPS) is 14.0. The first-order valence-electron chi connectivity index (χ1n) is 8.72. The Hall–Kier alpha value is -2.96. The lowest BCUT2D eigenvalue weighted by Gasteiger charge is -2.34. The van der Waals surface area contributed by atoms with E-state index in [-0.39, 0.29) is 11.8 Å². The van der Waals surface area contributed by atoms with Crippen LogP contribution in [0.5, 0.6) is 5.75 Å². The molecule has 0 radical (unpaired) electrons. The van der Waals surface area contributed by atoms with Gasteiger partial charge in [-0.2, -0.15) is 5.26 Å². The minimum absolute atomic E-state index is 0.151. The molecule has 0 aliphatic carbocycles. The molecule has 0 saturated heterocycles. The predicted molar refractivity (Wildman–Crippen MR) is 110 cm³/mol. The van der Waals surface area contributed by atoms with Crippen molar-refractivity contribution in [2.75, 3.05) is 5.32 Å². The first kappa shape index (κ1) is 18.8. The van der Waals surface area contributed by atoms with Gasteiger partial charge in [0.1, 0.15) is 11.2 Å². The molecule has 0 aliphatic rings. The highest BCUT2D eigenvalue weighted by molar-refractivity contribution is 6.30. The highest BCUT2D eigenvalue weighted by Gasteiger charge is 2.38. The number of nitriles is 1. The van der Waals surface area contributed by atoms with Crippen molar-refractivity contribution in [2.45, 2.75) is 25.3 Å². The van der Waals surface area contributed by atoms with Gasteiger partial charge in [-0.05, 0) is 54.8 Å². The van der Waals surface area contributed by atoms with Gasteiger partial charge in [-0.15, -0.1) is 0 Å². The number of aryl methyl sites for hydroxylation is 1. The summed E-state index contributed by atoms with van der Waals surface area (Å²) in [5, 5.41) is 24.5. The van der Waals surface area contributed by atoms with Crippen molar-refractivity contribution in [3.8, 4) is 11.8 Å². The van der Waals surface area contributed by atoms with Crippen LogP contribution in [0.2, 0.25) is 5.02 Å². The molecule has 3 aromatic carbocycles. The Morgan fingerprint density at radius 2 is 1.70 bits per heavy atom. The zero-order chi connectivity index (χ0) is 19.4. The Kier molecular flexibility index (Phi) is 5.39. The number of phenolic OH excluding ortho intramolecular Hbond substituents is 1. The van der Waals surface area contributed by atoms with Crippen molar-refractivity contribution < 1.29 is 5.11 Å². The molecule has 3 aromatic rings. The van der Waals surface area contributed by atoms with Crippen molar-refractivity contribution in [3.05, 3.63) is 94.5 Å². The fourth-order valence-corrected chi connectivity index (χ4v) is 3.35. The molecular weight excluding hydrogens is 356 g/mol. The Morgan fingerprint density at radius 1 is 1.04 bits per heavy atom. The molecule has 2 N–H and O–H groups in total. The summed E-state index contributed by atoms with van der Waals surface area (Å²) >= 11 is 6.04. The second-order valence-corrected chi connectivity index (χ2v) is 7.27. The van der Waals surface area contributed by atoms with E-state index in [9.17, 15) is 10.4 Å². The van der Waals surface area contributed by atoms with E-state index in [1.54, 1.807) is 18.2 Å². The van der Waals surface area contributed by atoms with Gasteiger partial charge in [0.25, 0.3) is 0 Å². The number of rotatable bonds is 5. The Morgan fingerprint density at radius 3 is 2.33 bits per heavy atom. The van der Waals surface area contributed by atoms with E-state index in [4.69, 9.17) is 11.6 Å². The first-order valence-corrected chi connectivity index (χ1v) is 9.10. The fourth-order valence-electron chi connectivity index (χ4n) is 3.22. The van der Waals surface area contributed by atoms with Crippen LogP contribution in [0, 0.1) is 18.3 Å². The maximum absolute atomic E-state index is 10.3. The van der Waals surface area contributed by atoms with Gasteiger partial charge < -0.3 is 10.4 Å². The third-order valence-corrected chi connectivity index (χ3v) is 5.09. The topological polar surface area (TPSA) is 56.0 Å². The fraction of sp³-hybridized carbons (Fsp3) is 0.174. The molecule has 3 nitrogen and oxygen atoms in total. The Bertz CT molecular complexity index is 964. The molecule has 0 amide bonds. The summed E-state index contributed by atoms with van der Waals surface area (Å²) in [5.74, 6) is 0.151. The summed E-state index contributed by atoms with van der Waals surface area (Å²) in [4.78, 5) is 0. The number of hydrogen-bond acceptors (Lipinski definition) is 3. The molecule has 0 bridgehead atoms. The van der Waals surface area contributed by atoms with Gasteiger partial charge in [0.05, 0.1) is 17.8 Å². The van der Waals surface area contributed by atoms with E-state index < -0.39 is 5.41 Å². The molecule has 0 unspecified atom stereocenters. The molecule has 3 rings (SSSR count). The van der Waals surface area contributed by atoms with Gasteiger partial charge in [0, 0.05) is 5.02 Å². The van der Waals surface area contributed by atoms with Gasteiger partial charge in [-0.3, -0.25) is 0 Å². The lowest BCUT2D eigenvalue weighted by atomic mass is 9.74. The van der Waals surface area contributed by atoms with Crippen LogP contribution in [0.1, 0.15) is 29.7 Å². The van der Waals surface area contributed by atoms with Gasteiger partial charge in [-0.25, -0.2) is 0 Å². The van der Waals surface area contributed by atoms with E-state index in [0.717, 1.165) is 16.7 Å². The molecule has 136 valence electrons. The van der Waals surface area contributed by atoms with Crippen LogP contribution in [0.15, 0.2) is 72.8 Å². The number of nitrogens with zero attached hydrogens (tertiary/aromatic N) is 1. The van der Waals surface area contributed by atoms with E-state index >= 15 is 0 Å². The number of nitrogens with one attached hydrogen (secondary N) is 1. The van der Waals surface area contributed by atoms with Crippen molar-refractivity contribution in [1.82, 2.24) is 0 Å². The maximum atomic E-state index is 10.3. The predicted octanol–water partition coefficient (Wildman–Crippen LogP) is 5.99. The van der Waals surface area contributed by atoms with Crippen LogP contribution in [0.4, 0.5) is 5.69 Å². The van der Waals surface area contributed by atoms with Gasteiger partial charge in [0.2, 0.25) is 0 Å². The molecular formula is C23H21ClN2O. The summed E-state index contributed by atoms with van der Waals surface area (Å²) in [7, 11) is 0. The van der Waals surface area contributed by atoms with Crippen molar-refractivity contribution in [2.24, 2.45) is 0 Å². The highest BCUT2D eigenvalue weighted by Crippen LogP contribution is 2.41. The molecule has 0 fully saturated rings. The zero-order valence-electron chi connectivity index (χ0n) is 15.3. The SMILES string of the molecule is Cc1ccc(O)c(N[C@H](c2ccccc2)[C@@](C)(C#N)c2ccc(Cl)cc2)c1. The average molecular weight is 377 g/mol. The lowest BCUT2D eigenvalue weighted by Crippen LogP contribution is -2.34. The van der Waals surface area contributed by atoms with Crippen molar-refractivity contribution in [3.63, 3.8) is 0 Å². The molecule has 0 heterocycles. The largest absolute Gasteiger partial charge is 0.506 e. The van der Waals surface area contributed by atoms with Gasteiger partial charge in [0.15, 0.2) is 0 Å². The number of halogens is 1. The molecule has 0 saturated carbocycles. The van der Waals surface area contributed by atoms with Crippen LogP contribution in [0.25, 0.3) is 0 Å². The van der Waals surface area contributed by atoms with Crippen molar-refractivity contribution in [1.29, 1.82) is 5.26 Å². The van der Waals surface area contributed by atoms with Crippen molar-refractivity contribution >= 4 is 17.3 Å². The van der Waals surface area contributed by atoms with Crippen LogP contribution >= 0.6 is 11.6 Å². The minimum atomic E-state index is -0.887. The molecule has 27 heavy (non-hydrogen) atoms. The van der Waals surface area contributed by atoms with E-state index in [1.807, 2.05) is 68.4 Å². The Labute approximate surface area is 164 Å². The number of benzene rings is 3. The monoisotopic (exact) mass is 376 g/mol. The van der Waals surface area contributed by atoms with Crippen LogP contribution < -0.4 is 5.32 Å². The summed E-state index contributed by atoms with van der Waals surface area (Å²) in [6.45, 7) is 3.86. The number of phenols is 1. The third kappa shape index (κ3) is 3.92. The average Bonchev–Trinajstić information content (AvgIpc) is 2.69. The zero-order valence-corrected chi connectivity index (χ0v) is 16.0. The lowest BCUT2D eigenvalue weighted by molar-refractivity contribution is 0.470. The second-order valence-electron chi connectivity index (χ2n) is 6.83. The smallest absolute Gasteiger partial charge is 0.138 e. The van der Waals surface area contributed by atoms with Crippen LogP contribution in [-0.2, 0) is 5.41 Å². The number of aromatic hydroxyl groups is 1. The minimum Gasteiger partial charge on any atom is -0.506 e. The third-order valence-electron chi connectivity index (χ3n) is 4.84. The number of hydrogen-bond donors (Lipinski definition) is 2. The second kappa shape index (κ2) is 7.73. The van der Waals surface area contributed by atoms with Crippen LogP contribution in [0.3, 0.4) is 0 Å². The number of anilines is 1. The standard InChI is InChI=1S/C23H21ClN2O/c1-16-8-13-21(27)20(14-16)26-22(17-6-4-3-5-7-17)23(2,15-25)18-9-11-19(24)12-10-18/h3-14,22,26-27H,1-2H3/t22-,23+/m1/s1. The maximum Gasteiger partial charge on any atom is 0.138 e. The van der Waals surface area contributed by atoms with Gasteiger partial charge >= 0.3 is 0 Å². The van der Waals surface area contributed by atoms with E-state index in [2.05, 4.69) is 11.4 Å². The summed E-state index contributed by atoms with van der Waals surface area (Å²) < 4.78 is 0. The molecule has 2 atom stereocenters. The summed E-state index contributed by atoms with van der Waals surface area (Å²) in [6.07, 6.45) is 0. The highest BCUT2D eigenvalue weighted by atomic mass is 35.5. The van der Waals surface area contributed by atoms with E-state index in [1.165, 1.54) is 0 Å². The van der Waals surface area contributed by atoms with Crippen LogP contribution in [-0.4, -0.2) is 5.11 Å². The first-order chi connectivity index (χ1) is 12.9. The molecule has 4 heteroatoms.